The quantitative estimate of drug-likeness (QED) is 0.477. The highest BCUT2D eigenvalue weighted by atomic mass is 16.6. The van der Waals surface area contributed by atoms with Crippen molar-refractivity contribution >= 4 is 5.69 Å². The van der Waals surface area contributed by atoms with Gasteiger partial charge in [0.15, 0.2) is 0 Å². The molecule has 0 bridgehead atoms. The highest BCUT2D eigenvalue weighted by Crippen LogP contribution is 2.20. The lowest BCUT2D eigenvalue weighted by Gasteiger charge is -2.13. The van der Waals surface area contributed by atoms with Crippen LogP contribution in [0.1, 0.15) is 30.9 Å². The predicted octanol–water partition coefficient (Wildman–Crippen LogP) is 2.79. The van der Waals surface area contributed by atoms with Crippen molar-refractivity contribution in [2.24, 2.45) is 0 Å². The molecule has 0 fully saturated rings. The van der Waals surface area contributed by atoms with E-state index in [-0.39, 0.29) is 16.7 Å². The van der Waals surface area contributed by atoms with Gasteiger partial charge < -0.3 is 0 Å². The second kappa shape index (κ2) is 6.77. The van der Waals surface area contributed by atoms with Crippen LogP contribution in [0.3, 0.4) is 0 Å². The maximum absolute atomic E-state index is 10.8. The van der Waals surface area contributed by atoms with Crippen LogP contribution in [0, 0.1) is 29.4 Å². The fourth-order valence-corrected chi connectivity index (χ4v) is 1.83. The molecule has 1 atom stereocenters. The summed E-state index contributed by atoms with van der Waals surface area (Å²) in [5.41, 5.74) is 1.77. The van der Waals surface area contributed by atoms with Crippen molar-refractivity contribution < 1.29 is 4.92 Å². The Morgan fingerprint density at radius 3 is 2.83 bits per heavy atom. The third-order valence-electron chi connectivity index (χ3n) is 2.93. The molecule has 0 saturated carbocycles. The molecule has 0 aliphatic carbocycles. The van der Waals surface area contributed by atoms with Gasteiger partial charge in [-0.05, 0) is 18.9 Å². The zero-order chi connectivity index (χ0) is 13.5. The van der Waals surface area contributed by atoms with Crippen molar-refractivity contribution in [1.82, 2.24) is 5.32 Å². The lowest BCUT2D eigenvalue weighted by Crippen LogP contribution is -2.27. The number of rotatable bonds is 6. The molecule has 0 saturated heterocycles. The molecule has 1 N–H and O–H groups in total. The van der Waals surface area contributed by atoms with Gasteiger partial charge in [0.05, 0.1) is 11.0 Å². The number of hydrogen-bond donors (Lipinski definition) is 1. The van der Waals surface area contributed by atoms with Crippen LogP contribution in [0.25, 0.3) is 0 Å². The highest BCUT2D eigenvalue weighted by molar-refractivity contribution is 5.44. The minimum absolute atomic E-state index is 0.0219. The van der Waals surface area contributed by atoms with Gasteiger partial charge in [0.25, 0.3) is 5.69 Å². The van der Waals surface area contributed by atoms with Crippen molar-refractivity contribution in [2.45, 2.75) is 39.3 Å². The van der Waals surface area contributed by atoms with E-state index in [0.717, 1.165) is 18.4 Å². The lowest BCUT2D eigenvalue weighted by atomic mass is 10.1. The smallest absolute Gasteiger partial charge is 0.272 e. The van der Waals surface area contributed by atoms with Crippen molar-refractivity contribution in [3.8, 4) is 12.3 Å². The van der Waals surface area contributed by atoms with Gasteiger partial charge in [-0.15, -0.1) is 6.42 Å². The summed E-state index contributed by atoms with van der Waals surface area (Å²) in [6.07, 6.45) is 7.34. The van der Waals surface area contributed by atoms with Crippen LogP contribution in [0.5, 0.6) is 0 Å². The molecule has 0 amide bonds. The van der Waals surface area contributed by atoms with Gasteiger partial charge in [-0.25, -0.2) is 0 Å². The van der Waals surface area contributed by atoms with E-state index in [2.05, 4.69) is 18.2 Å². The van der Waals surface area contributed by atoms with E-state index in [1.54, 1.807) is 13.0 Å². The summed E-state index contributed by atoms with van der Waals surface area (Å²) in [5.74, 6) is 2.69. The van der Waals surface area contributed by atoms with E-state index < -0.39 is 0 Å². The molecule has 0 aromatic heterocycles. The van der Waals surface area contributed by atoms with Gasteiger partial charge in [-0.2, -0.15) is 0 Å². The van der Waals surface area contributed by atoms with E-state index in [4.69, 9.17) is 6.42 Å². The van der Waals surface area contributed by atoms with Crippen molar-refractivity contribution in [3.63, 3.8) is 0 Å². The minimum Gasteiger partial charge on any atom is -0.300 e. The first-order valence-electron chi connectivity index (χ1n) is 6.02. The topological polar surface area (TPSA) is 55.2 Å². The number of hydrogen-bond acceptors (Lipinski definition) is 3. The molecule has 0 aliphatic heterocycles. The molecule has 4 nitrogen and oxygen atoms in total. The van der Waals surface area contributed by atoms with Gasteiger partial charge in [-0.3, -0.25) is 15.4 Å². The van der Waals surface area contributed by atoms with Crippen molar-refractivity contribution in [3.05, 3.63) is 39.4 Å². The number of nitrogens with one attached hydrogen (secondary N) is 1. The Morgan fingerprint density at radius 1 is 1.56 bits per heavy atom. The fraction of sp³-hybridized carbons (Fsp3) is 0.429. The normalized spacial score (nSPS) is 11.8. The van der Waals surface area contributed by atoms with Crippen LogP contribution in [0.2, 0.25) is 0 Å². The van der Waals surface area contributed by atoms with E-state index >= 15 is 0 Å². The molecule has 96 valence electrons. The average molecular weight is 246 g/mol. The van der Waals surface area contributed by atoms with Gasteiger partial charge >= 0.3 is 0 Å². The average Bonchev–Trinajstić information content (AvgIpc) is 2.35. The summed E-state index contributed by atoms with van der Waals surface area (Å²) in [5, 5.41) is 14.1. The minimum atomic E-state index is -0.358. The second-order valence-corrected chi connectivity index (χ2v) is 4.21. The van der Waals surface area contributed by atoms with E-state index in [9.17, 15) is 10.1 Å². The lowest BCUT2D eigenvalue weighted by molar-refractivity contribution is -0.385. The third-order valence-corrected chi connectivity index (χ3v) is 2.93. The Balaban J connectivity index is 2.77. The maximum atomic E-state index is 10.8. The predicted molar refractivity (Wildman–Crippen MR) is 72.2 cm³/mol. The zero-order valence-corrected chi connectivity index (χ0v) is 10.8. The van der Waals surface area contributed by atoms with Gasteiger partial charge in [-0.1, -0.05) is 31.4 Å². The molecule has 1 aromatic carbocycles. The molecule has 1 aromatic rings. The molecule has 18 heavy (non-hydrogen) atoms. The number of nitro groups is 1. The number of nitro benzene ring substituents is 1. The summed E-state index contributed by atoms with van der Waals surface area (Å²) in [6, 6.07) is 5.12. The number of benzene rings is 1. The van der Waals surface area contributed by atoms with Crippen LogP contribution in [-0.4, -0.2) is 11.0 Å². The summed E-state index contributed by atoms with van der Waals surface area (Å²) in [7, 11) is 0. The first-order valence-corrected chi connectivity index (χ1v) is 6.02. The molecular weight excluding hydrogens is 228 g/mol. The summed E-state index contributed by atoms with van der Waals surface area (Å²) in [6.45, 7) is 4.40. The Labute approximate surface area is 108 Å². The zero-order valence-electron chi connectivity index (χ0n) is 10.8. The largest absolute Gasteiger partial charge is 0.300 e. The van der Waals surface area contributed by atoms with Crippen molar-refractivity contribution in [2.75, 3.05) is 0 Å². The van der Waals surface area contributed by atoms with Crippen LogP contribution in [-0.2, 0) is 6.54 Å². The Morgan fingerprint density at radius 2 is 2.28 bits per heavy atom. The number of nitrogens with zero attached hydrogens (tertiary/aromatic N) is 1. The Kier molecular flexibility index (Phi) is 5.34. The molecule has 1 rings (SSSR count). The molecular formula is C14H18N2O2. The third kappa shape index (κ3) is 3.57. The molecule has 1 unspecified atom stereocenters. The summed E-state index contributed by atoms with van der Waals surface area (Å²) < 4.78 is 0. The van der Waals surface area contributed by atoms with Gasteiger partial charge in [0, 0.05) is 18.2 Å². The van der Waals surface area contributed by atoms with Crippen LogP contribution >= 0.6 is 0 Å². The van der Waals surface area contributed by atoms with Crippen LogP contribution in [0.15, 0.2) is 18.2 Å². The highest BCUT2D eigenvalue weighted by Gasteiger charge is 2.13. The van der Waals surface area contributed by atoms with Crippen molar-refractivity contribution in [1.29, 1.82) is 0 Å². The van der Waals surface area contributed by atoms with Gasteiger partial charge in [0.1, 0.15) is 0 Å². The van der Waals surface area contributed by atoms with E-state index in [0.29, 0.717) is 12.1 Å². The molecule has 4 heteroatoms. The monoisotopic (exact) mass is 246 g/mol. The molecule has 0 aliphatic rings. The first-order chi connectivity index (χ1) is 8.60. The first kappa shape index (κ1) is 14.2. The summed E-state index contributed by atoms with van der Waals surface area (Å²) >= 11 is 0. The molecule has 0 heterocycles. The number of terminal acetylenes is 1. The van der Waals surface area contributed by atoms with Crippen LogP contribution in [0.4, 0.5) is 5.69 Å². The van der Waals surface area contributed by atoms with E-state index in [1.807, 2.05) is 6.07 Å². The summed E-state index contributed by atoms with van der Waals surface area (Å²) in [4.78, 5) is 10.5. The maximum Gasteiger partial charge on any atom is 0.272 e. The molecule has 0 radical (unpaired) electrons. The Bertz CT molecular complexity index is 463. The standard InChI is InChI=1S/C14H18N2O2/c1-4-7-13(5-2)15-10-12-8-6-9-14(11(12)3)16(17)18/h2,6,8-9,13,15H,4,7,10H2,1,3H3. The SMILES string of the molecule is C#CC(CCC)NCc1cccc([N+](=O)[O-])c1C. The van der Waals surface area contributed by atoms with E-state index in [1.165, 1.54) is 6.07 Å². The second-order valence-electron chi connectivity index (χ2n) is 4.21. The fourth-order valence-electron chi connectivity index (χ4n) is 1.83. The van der Waals surface area contributed by atoms with Gasteiger partial charge in [0.2, 0.25) is 0 Å². The Hall–Kier alpha value is -1.86. The molecule has 0 spiro atoms. The van der Waals surface area contributed by atoms with Crippen LogP contribution < -0.4 is 5.32 Å².